The second-order valence-electron chi connectivity index (χ2n) is 11.0. The average Bonchev–Trinajstić information content (AvgIpc) is 3.49. The van der Waals surface area contributed by atoms with E-state index in [1.54, 1.807) is 29.5 Å². The lowest BCUT2D eigenvalue weighted by Gasteiger charge is -2.15. The molecule has 0 aliphatic carbocycles. The number of hydrogen-bond acceptors (Lipinski definition) is 4. The van der Waals surface area contributed by atoms with E-state index in [1.165, 1.54) is 84.0 Å². The van der Waals surface area contributed by atoms with Crippen molar-refractivity contribution >= 4 is 28.7 Å². The number of hydrogen-bond donors (Lipinski definition) is 1. The van der Waals surface area contributed by atoms with Crippen molar-refractivity contribution in [3.63, 3.8) is 0 Å². The summed E-state index contributed by atoms with van der Waals surface area (Å²) in [5, 5.41) is 5.01. The molecule has 0 radical (unpaired) electrons. The predicted molar refractivity (Wildman–Crippen MR) is 170 cm³/mol. The van der Waals surface area contributed by atoms with Crippen molar-refractivity contribution in [1.82, 2.24) is 0 Å². The molecule has 0 unspecified atom stereocenters. The average molecular weight is 578 g/mol. The number of thiazole rings is 1. The molecule has 1 amide bonds. The van der Waals surface area contributed by atoms with Gasteiger partial charge in [-0.15, -0.1) is 0 Å². The molecule has 3 rings (SSSR count). The van der Waals surface area contributed by atoms with E-state index in [4.69, 9.17) is 4.74 Å². The Morgan fingerprint density at radius 2 is 1.37 bits per heavy atom. The summed E-state index contributed by atoms with van der Waals surface area (Å²) in [6, 6.07) is 13.0. The van der Waals surface area contributed by atoms with Crippen LogP contribution in [0.3, 0.4) is 0 Å². The molecule has 0 atom stereocenters. The van der Waals surface area contributed by atoms with Gasteiger partial charge in [0.15, 0.2) is 18.5 Å². The summed E-state index contributed by atoms with van der Waals surface area (Å²) in [7, 11) is 0. The summed E-state index contributed by atoms with van der Waals surface area (Å²) in [5.74, 6) is 0.00702. The molecule has 0 bridgehead atoms. The van der Waals surface area contributed by atoms with Crippen LogP contribution < -0.4 is 14.6 Å². The number of carbonyl (C=O) groups excluding carboxylic acids is 2. The van der Waals surface area contributed by atoms with Gasteiger partial charge in [0.05, 0.1) is 23.1 Å². The van der Waals surface area contributed by atoms with E-state index in [2.05, 4.69) is 22.3 Å². The molecule has 0 fully saturated rings. The molecule has 3 aromatic rings. The lowest BCUT2D eigenvalue weighted by atomic mass is 10.0. The molecule has 0 spiro atoms. The van der Waals surface area contributed by atoms with Gasteiger partial charge < -0.3 is 10.1 Å². The zero-order valence-electron chi connectivity index (χ0n) is 25.2. The SMILES string of the molecule is CCCCCCCCCCCCCCCCOc1c(C(C)=O)cccc1C(=O)Nc1ccc(C[n+]2ccsc2)cc1. The number of Topliss-reactive ketones (excluding diaryl/α,β-unsaturated/α-hetero) is 1. The number of carbonyl (C=O) groups is 2. The van der Waals surface area contributed by atoms with Crippen LogP contribution >= 0.6 is 11.3 Å². The zero-order valence-corrected chi connectivity index (χ0v) is 26.0. The van der Waals surface area contributed by atoms with E-state index in [-0.39, 0.29) is 11.7 Å². The molecule has 0 saturated heterocycles. The van der Waals surface area contributed by atoms with Crippen molar-refractivity contribution in [2.24, 2.45) is 0 Å². The van der Waals surface area contributed by atoms with Crippen molar-refractivity contribution in [3.05, 3.63) is 76.2 Å². The molecule has 5 nitrogen and oxygen atoms in total. The lowest BCUT2D eigenvalue weighted by Crippen LogP contribution is -2.30. The molecule has 6 heteroatoms. The number of ketones is 1. The largest absolute Gasteiger partial charge is 0.492 e. The highest BCUT2D eigenvalue weighted by Gasteiger charge is 2.19. The van der Waals surface area contributed by atoms with Crippen LogP contribution in [-0.4, -0.2) is 18.3 Å². The van der Waals surface area contributed by atoms with Crippen molar-refractivity contribution in [3.8, 4) is 5.75 Å². The second-order valence-corrected chi connectivity index (χ2v) is 11.8. The van der Waals surface area contributed by atoms with Crippen molar-refractivity contribution in [2.75, 3.05) is 11.9 Å². The van der Waals surface area contributed by atoms with Crippen LogP contribution in [0.25, 0.3) is 0 Å². The Morgan fingerprint density at radius 1 is 0.780 bits per heavy atom. The van der Waals surface area contributed by atoms with Crippen LogP contribution in [0.2, 0.25) is 0 Å². The van der Waals surface area contributed by atoms with Crippen LogP contribution in [0, 0.1) is 0 Å². The Hall–Kier alpha value is -2.99. The van der Waals surface area contributed by atoms with E-state index in [1.807, 2.05) is 35.8 Å². The number of amides is 1. The van der Waals surface area contributed by atoms with Gasteiger partial charge in [0.1, 0.15) is 5.75 Å². The summed E-state index contributed by atoms with van der Waals surface area (Å²) in [5.41, 5.74) is 4.77. The van der Waals surface area contributed by atoms with Crippen molar-refractivity contribution < 1.29 is 18.9 Å². The molecular formula is C35H49N2O3S+. The molecule has 1 heterocycles. The Morgan fingerprint density at radius 3 is 1.93 bits per heavy atom. The first kappa shape index (κ1) is 32.5. The number of anilines is 1. The molecule has 41 heavy (non-hydrogen) atoms. The highest BCUT2D eigenvalue weighted by atomic mass is 32.1. The number of ether oxygens (including phenoxy) is 1. The predicted octanol–water partition coefficient (Wildman–Crippen LogP) is 9.40. The fourth-order valence-corrected chi connectivity index (χ4v) is 5.67. The first-order valence-electron chi connectivity index (χ1n) is 15.7. The lowest BCUT2D eigenvalue weighted by molar-refractivity contribution is -0.683. The van der Waals surface area contributed by atoms with Gasteiger partial charge in [0.25, 0.3) is 5.91 Å². The summed E-state index contributed by atoms with van der Waals surface area (Å²) >= 11 is 1.66. The molecule has 1 N–H and O–H groups in total. The van der Waals surface area contributed by atoms with E-state index >= 15 is 0 Å². The molecule has 222 valence electrons. The van der Waals surface area contributed by atoms with Crippen LogP contribution in [0.4, 0.5) is 5.69 Å². The number of aromatic nitrogens is 1. The highest BCUT2D eigenvalue weighted by molar-refractivity contribution is 7.07. The van der Waals surface area contributed by atoms with Crippen molar-refractivity contribution in [1.29, 1.82) is 0 Å². The molecule has 2 aromatic carbocycles. The monoisotopic (exact) mass is 577 g/mol. The van der Waals surface area contributed by atoms with Crippen LogP contribution in [0.1, 0.15) is 130 Å². The minimum atomic E-state index is -0.274. The minimum absolute atomic E-state index is 0.106. The summed E-state index contributed by atoms with van der Waals surface area (Å²) in [4.78, 5) is 25.5. The fourth-order valence-electron chi connectivity index (χ4n) is 5.07. The fraction of sp³-hybridized carbons (Fsp3) is 0.514. The summed E-state index contributed by atoms with van der Waals surface area (Å²) < 4.78 is 8.21. The minimum Gasteiger partial charge on any atom is -0.492 e. The van der Waals surface area contributed by atoms with Gasteiger partial charge in [-0.05, 0) is 37.6 Å². The van der Waals surface area contributed by atoms with Gasteiger partial charge in [-0.2, -0.15) is 4.57 Å². The Kier molecular flexibility index (Phi) is 15.2. The smallest absolute Gasteiger partial charge is 0.259 e. The highest BCUT2D eigenvalue weighted by Crippen LogP contribution is 2.26. The number of rotatable bonds is 21. The molecule has 0 aliphatic heterocycles. The maximum absolute atomic E-state index is 13.2. The summed E-state index contributed by atoms with van der Waals surface area (Å²) in [6.07, 6.45) is 20.2. The van der Waals surface area contributed by atoms with Gasteiger partial charge in [-0.3, -0.25) is 9.59 Å². The maximum atomic E-state index is 13.2. The van der Waals surface area contributed by atoms with Gasteiger partial charge in [0.2, 0.25) is 5.51 Å². The molecular weight excluding hydrogens is 528 g/mol. The van der Waals surface area contributed by atoms with Crippen LogP contribution in [-0.2, 0) is 6.54 Å². The summed E-state index contributed by atoms with van der Waals surface area (Å²) in [6.45, 7) is 5.07. The normalized spacial score (nSPS) is 11.0. The van der Waals surface area contributed by atoms with Crippen LogP contribution in [0.15, 0.2) is 59.6 Å². The van der Waals surface area contributed by atoms with E-state index in [0.29, 0.717) is 29.2 Å². The quantitative estimate of drug-likeness (QED) is 0.0779. The maximum Gasteiger partial charge on any atom is 0.259 e. The third kappa shape index (κ3) is 12.2. The standard InChI is InChI=1S/C35H48N2O3S/c1-3-4-5-6-7-8-9-10-11-12-13-14-15-16-25-40-34-32(29(2)38)18-17-19-33(34)35(39)36-31-22-20-30(21-23-31)27-37-24-26-41-28-37/h17-24,26,28H,3-16,25,27H2,1-2H3/p+1. The first-order valence-corrected chi connectivity index (χ1v) is 16.6. The zero-order chi connectivity index (χ0) is 29.1. The Bertz CT molecular complexity index is 1160. The Labute approximate surface area is 251 Å². The van der Waals surface area contributed by atoms with Crippen LogP contribution in [0.5, 0.6) is 5.75 Å². The number of nitrogens with one attached hydrogen (secondary N) is 1. The van der Waals surface area contributed by atoms with E-state index in [0.717, 1.165) is 24.9 Å². The first-order chi connectivity index (χ1) is 20.1. The molecule has 1 aromatic heterocycles. The van der Waals surface area contributed by atoms with Gasteiger partial charge in [0, 0.05) is 11.3 Å². The second kappa shape index (κ2) is 19.2. The number of para-hydroxylation sites is 1. The van der Waals surface area contributed by atoms with Crippen molar-refractivity contribution in [2.45, 2.75) is 110 Å². The number of nitrogens with zero attached hydrogens (tertiary/aromatic N) is 1. The third-order valence-corrected chi connectivity index (χ3v) is 8.16. The van der Waals surface area contributed by atoms with E-state index in [9.17, 15) is 9.59 Å². The molecule has 0 saturated carbocycles. The molecule has 0 aliphatic rings. The third-order valence-electron chi connectivity index (χ3n) is 7.49. The van der Waals surface area contributed by atoms with Gasteiger partial charge >= 0.3 is 0 Å². The van der Waals surface area contributed by atoms with E-state index < -0.39 is 0 Å². The number of benzene rings is 2. The Balaban J connectivity index is 1.39. The topological polar surface area (TPSA) is 59.3 Å². The number of unbranched alkanes of at least 4 members (excludes halogenated alkanes) is 13. The van der Waals surface area contributed by atoms with Gasteiger partial charge in [-0.1, -0.05) is 120 Å². The van der Waals surface area contributed by atoms with Gasteiger partial charge in [-0.25, -0.2) is 0 Å².